The molecular weight excluding hydrogens is 262 g/mol. The molecule has 1 atom stereocenters. The van der Waals surface area contributed by atoms with Gasteiger partial charge in [0, 0.05) is 25.0 Å². The summed E-state index contributed by atoms with van der Waals surface area (Å²) in [6, 6.07) is 2.55. The molecule has 1 saturated heterocycles. The fourth-order valence-electron chi connectivity index (χ4n) is 2.90. The molecule has 1 aromatic rings. The number of nitrogens with zero attached hydrogens (tertiary/aromatic N) is 4. The third-order valence-electron chi connectivity index (χ3n) is 4.34. The molecule has 1 aliphatic heterocycles. The number of aromatic nitrogens is 2. The van der Waals surface area contributed by atoms with Crippen LogP contribution in [0.25, 0.3) is 0 Å². The van der Waals surface area contributed by atoms with Crippen molar-refractivity contribution in [1.29, 1.82) is 5.26 Å². The van der Waals surface area contributed by atoms with Crippen molar-refractivity contribution in [2.45, 2.75) is 39.7 Å². The van der Waals surface area contributed by atoms with Crippen LogP contribution in [-0.4, -0.2) is 40.5 Å². The fourth-order valence-corrected chi connectivity index (χ4v) is 2.90. The molecule has 2 heterocycles. The van der Waals surface area contributed by atoms with Crippen molar-refractivity contribution in [1.82, 2.24) is 14.9 Å². The van der Waals surface area contributed by atoms with Crippen LogP contribution in [0.1, 0.15) is 39.3 Å². The van der Waals surface area contributed by atoms with Crippen LogP contribution in [0.2, 0.25) is 0 Å². The Kier molecular flexibility index (Phi) is 5.51. The van der Waals surface area contributed by atoms with Gasteiger partial charge in [0.25, 0.3) is 0 Å². The molecule has 1 N–H and O–H groups in total. The number of nitriles is 1. The van der Waals surface area contributed by atoms with Crippen LogP contribution >= 0.6 is 0 Å². The number of hydrogen-bond donors (Lipinski definition) is 1. The summed E-state index contributed by atoms with van der Waals surface area (Å²) in [6.07, 6.45) is 5.72. The molecule has 1 aliphatic rings. The Morgan fingerprint density at radius 2 is 2.00 bits per heavy atom. The van der Waals surface area contributed by atoms with Gasteiger partial charge in [0.15, 0.2) is 11.5 Å². The average Bonchev–Trinajstić information content (AvgIpc) is 2.49. The lowest BCUT2D eigenvalue weighted by Crippen LogP contribution is -2.47. The Balaban J connectivity index is 1.99. The van der Waals surface area contributed by atoms with Crippen LogP contribution in [-0.2, 0) is 0 Å². The lowest BCUT2D eigenvalue weighted by molar-refractivity contribution is 0.115. The number of nitrogens with one attached hydrogen (secondary N) is 1. The van der Waals surface area contributed by atoms with E-state index in [0.29, 0.717) is 23.5 Å². The van der Waals surface area contributed by atoms with Gasteiger partial charge in [-0.25, -0.2) is 9.97 Å². The molecule has 1 aromatic heterocycles. The van der Waals surface area contributed by atoms with Gasteiger partial charge in [-0.05, 0) is 37.8 Å². The van der Waals surface area contributed by atoms with E-state index in [1.54, 1.807) is 12.4 Å². The molecule has 5 nitrogen and oxygen atoms in total. The molecule has 0 radical (unpaired) electrons. The molecule has 0 saturated carbocycles. The van der Waals surface area contributed by atoms with Gasteiger partial charge in [0.05, 0.1) is 0 Å². The van der Waals surface area contributed by atoms with Crippen molar-refractivity contribution in [3.63, 3.8) is 0 Å². The minimum atomic E-state index is 0.368. The summed E-state index contributed by atoms with van der Waals surface area (Å²) in [5.74, 6) is 2.00. The summed E-state index contributed by atoms with van der Waals surface area (Å²) < 4.78 is 0. The van der Waals surface area contributed by atoms with Gasteiger partial charge in [0.2, 0.25) is 0 Å². The van der Waals surface area contributed by atoms with Gasteiger partial charge in [-0.3, -0.25) is 4.90 Å². The average molecular weight is 287 g/mol. The van der Waals surface area contributed by atoms with Crippen LogP contribution in [0, 0.1) is 23.2 Å². The number of rotatable bonds is 5. The topological polar surface area (TPSA) is 64.8 Å². The summed E-state index contributed by atoms with van der Waals surface area (Å²) in [7, 11) is 0. The maximum Gasteiger partial charge on any atom is 0.182 e. The molecule has 0 spiro atoms. The third-order valence-corrected chi connectivity index (χ3v) is 4.34. The maximum atomic E-state index is 9.07. The monoisotopic (exact) mass is 287 g/mol. The van der Waals surface area contributed by atoms with E-state index in [0.717, 1.165) is 25.6 Å². The van der Waals surface area contributed by atoms with Crippen LogP contribution in [0.4, 0.5) is 5.82 Å². The van der Waals surface area contributed by atoms with Crippen LogP contribution in [0.15, 0.2) is 12.4 Å². The number of likely N-dealkylation sites (tertiary alicyclic amines) is 1. The first-order chi connectivity index (χ1) is 10.1. The molecule has 0 bridgehead atoms. The zero-order chi connectivity index (χ0) is 15.2. The van der Waals surface area contributed by atoms with Crippen molar-refractivity contribution in [2.24, 2.45) is 11.8 Å². The minimum Gasteiger partial charge on any atom is -0.366 e. The molecule has 1 fully saturated rings. The zero-order valence-corrected chi connectivity index (χ0v) is 13.2. The van der Waals surface area contributed by atoms with Crippen LogP contribution < -0.4 is 5.32 Å². The third kappa shape index (κ3) is 4.15. The Hall–Kier alpha value is -1.67. The number of hydrogen-bond acceptors (Lipinski definition) is 5. The molecule has 2 rings (SSSR count). The van der Waals surface area contributed by atoms with Crippen molar-refractivity contribution in [3.05, 3.63) is 18.1 Å². The van der Waals surface area contributed by atoms with Crippen LogP contribution in [0.5, 0.6) is 0 Å². The smallest absolute Gasteiger partial charge is 0.182 e. The Bertz CT molecular complexity index is 486. The highest BCUT2D eigenvalue weighted by Gasteiger charge is 2.25. The van der Waals surface area contributed by atoms with E-state index in [2.05, 4.69) is 47.0 Å². The summed E-state index contributed by atoms with van der Waals surface area (Å²) >= 11 is 0. The second-order valence-corrected chi connectivity index (χ2v) is 6.28. The summed E-state index contributed by atoms with van der Waals surface area (Å²) in [5, 5.41) is 12.4. The van der Waals surface area contributed by atoms with Gasteiger partial charge < -0.3 is 5.32 Å². The van der Waals surface area contributed by atoms with E-state index in [4.69, 9.17) is 5.26 Å². The molecule has 114 valence electrons. The first-order valence-electron chi connectivity index (χ1n) is 7.80. The minimum absolute atomic E-state index is 0.368. The Morgan fingerprint density at radius 1 is 1.33 bits per heavy atom. The van der Waals surface area contributed by atoms with E-state index >= 15 is 0 Å². The molecule has 1 unspecified atom stereocenters. The van der Waals surface area contributed by atoms with Gasteiger partial charge in [-0.2, -0.15) is 5.26 Å². The predicted octanol–water partition coefficient (Wildman–Crippen LogP) is 2.52. The molecule has 21 heavy (non-hydrogen) atoms. The molecule has 0 aromatic carbocycles. The lowest BCUT2D eigenvalue weighted by Gasteiger charge is -2.39. The standard InChI is InChI=1S/C16H25N5/c1-12(2)15(21-8-4-13(3)5-9-21)11-20-16-14(10-17)18-6-7-19-16/h6-7,12-13,15H,4-5,8-9,11H2,1-3H3,(H,19,20). The van der Waals surface area contributed by atoms with Crippen molar-refractivity contribution in [2.75, 3.05) is 25.0 Å². The quantitative estimate of drug-likeness (QED) is 0.901. The molecule has 0 aliphatic carbocycles. The van der Waals surface area contributed by atoms with E-state index in [-0.39, 0.29) is 0 Å². The second-order valence-electron chi connectivity index (χ2n) is 6.28. The SMILES string of the molecule is CC1CCN(C(CNc2nccnc2C#N)C(C)C)CC1. The Morgan fingerprint density at radius 3 is 2.62 bits per heavy atom. The van der Waals surface area contributed by atoms with Crippen LogP contribution in [0.3, 0.4) is 0 Å². The highest BCUT2D eigenvalue weighted by Crippen LogP contribution is 2.21. The van der Waals surface area contributed by atoms with Gasteiger partial charge in [0.1, 0.15) is 6.07 Å². The molecule has 5 heteroatoms. The van der Waals surface area contributed by atoms with E-state index in [9.17, 15) is 0 Å². The number of piperidine rings is 1. The first-order valence-corrected chi connectivity index (χ1v) is 7.80. The van der Waals surface area contributed by atoms with Gasteiger partial charge in [-0.15, -0.1) is 0 Å². The predicted molar refractivity (Wildman–Crippen MR) is 83.8 cm³/mol. The Labute approximate surface area is 127 Å². The lowest BCUT2D eigenvalue weighted by atomic mass is 9.94. The van der Waals surface area contributed by atoms with Gasteiger partial charge >= 0.3 is 0 Å². The summed E-state index contributed by atoms with van der Waals surface area (Å²) in [4.78, 5) is 10.8. The largest absolute Gasteiger partial charge is 0.366 e. The molecular formula is C16H25N5. The van der Waals surface area contributed by atoms with Crippen molar-refractivity contribution >= 4 is 5.82 Å². The molecule has 0 amide bonds. The van der Waals surface area contributed by atoms with Crippen molar-refractivity contribution < 1.29 is 0 Å². The van der Waals surface area contributed by atoms with Gasteiger partial charge in [-0.1, -0.05) is 20.8 Å². The van der Waals surface area contributed by atoms with Crippen molar-refractivity contribution in [3.8, 4) is 6.07 Å². The van der Waals surface area contributed by atoms with E-state index < -0.39 is 0 Å². The fraction of sp³-hybridized carbons (Fsp3) is 0.688. The highest BCUT2D eigenvalue weighted by molar-refractivity contribution is 5.46. The maximum absolute atomic E-state index is 9.07. The summed E-state index contributed by atoms with van der Waals surface area (Å²) in [6.45, 7) is 9.98. The normalized spacial score (nSPS) is 18.4. The van der Waals surface area contributed by atoms with E-state index in [1.807, 2.05) is 0 Å². The summed E-state index contributed by atoms with van der Waals surface area (Å²) in [5.41, 5.74) is 0.368. The zero-order valence-electron chi connectivity index (χ0n) is 13.2. The second kappa shape index (κ2) is 7.37. The first kappa shape index (κ1) is 15.7. The highest BCUT2D eigenvalue weighted by atomic mass is 15.2. The van der Waals surface area contributed by atoms with E-state index in [1.165, 1.54) is 12.8 Å². The number of anilines is 1.